The topological polar surface area (TPSA) is 15.3 Å². The average molecular weight is 357 g/mol. The van der Waals surface area contributed by atoms with Gasteiger partial charge in [0.1, 0.15) is 0 Å². The quantitative estimate of drug-likeness (QED) is 0.665. The first-order valence-corrected chi connectivity index (χ1v) is 8.73. The molecule has 0 aromatic heterocycles. The van der Waals surface area contributed by atoms with Gasteiger partial charge >= 0.3 is 0 Å². The predicted octanol–water partition coefficient (Wildman–Crippen LogP) is 4.84. The first kappa shape index (κ1) is 18.9. The number of hydrogen-bond acceptors (Lipinski definition) is 4. The van der Waals surface area contributed by atoms with E-state index in [0.29, 0.717) is 6.04 Å². The minimum absolute atomic E-state index is 0.362. The molecule has 0 bridgehead atoms. The van der Waals surface area contributed by atoms with Crippen molar-refractivity contribution in [3.63, 3.8) is 0 Å². The van der Waals surface area contributed by atoms with Gasteiger partial charge in [0.25, 0.3) is 0 Å². The van der Waals surface area contributed by atoms with Crippen molar-refractivity contribution in [1.29, 1.82) is 0 Å². The summed E-state index contributed by atoms with van der Waals surface area (Å²) in [6.07, 6.45) is 0.995. The maximum Gasteiger partial charge on any atom is 0.0490 e. The second-order valence-electron chi connectivity index (χ2n) is 5.75. The van der Waals surface area contributed by atoms with Gasteiger partial charge in [-0.05, 0) is 28.7 Å². The van der Waals surface area contributed by atoms with Gasteiger partial charge in [0, 0.05) is 19.1 Å². The molecule has 1 aliphatic rings. The second-order valence-corrected chi connectivity index (χ2v) is 6.58. The summed E-state index contributed by atoms with van der Waals surface area (Å²) in [5.41, 5.74) is 4.82. The molecule has 2 aromatic carbocycles. The van der Waals surface area contributed by atoms with Gasteiger partial charge in [-0.3, -0.25) is 4.72 Å². The van der Waals surface area contributed by atoms with Gasteiger partial charge in [-0.25, -0.2) is 4.31 Å². The zero-order valence-electron chi connectivity index (χ0n) is 13.7. The Labute approximate surface area is 156 Å². The van der Waals surface area contributed by atoms with Crippen LogP contribution in [0.2, 0.25) is 0 Å². The minimum Gasteiger partial charge on any atom is -0.262 e. The molecular formula is C20H24N2S2. The normalized spacial score (nSPS) is 16.4. The fourth-order valence-electron chi connectivity index (χ4n) is 2.45. The van der Waals surface area contributed by atoms with Gasteiger partial charge in [0.15, 0.2) is 0 Å². The van der Waals surface area contributed by atoms with Gasteiger partial charge in [-0.2, -0.15) is 0 Å². The highest BCUT2D eigenvalue weighted by Crippen LogP contribution is 2.35. The van der Waals surface area contributed by atoms with E-state index in [-0.39, 0.29) is 0 Å². The maximum absolute atomic E-state index is 4.50. The van der Waals surface area contributed by atoms with Crippen LogP contribution in [-0.2, 0) is 13.1 Å². The van der Waals surface area contributed by atoms with Crippen LogP contribution in [0, 0.1) is 0 Å². The van der Waals surface area contributed by atoms with E-state index in [9.17, 15) is 0 Å². The molecule has 0 saturated heterocycles. The van der Waals surface area contributed by atoms with E-state index in [1.54, 1.807) is 0 Å². The fraction of sp³-hybridized carbons (Fsp3) is 0.200. The van der Waals surface area contributed by atoms with Crippen LogP contribution < -0.4 is 4.72 Å². The molecule has 3 rings (SSSR count). The van der Waals surface area contributed by atoms with Crippen molar-refractivity contribution in [2.45, 2.75) is 25.6 Å². The lowest BCUT2D eigenvalue weighted by molar-refractivity contribution is 0.356. The molecule has 1 N–H and O–H groups in total. The van der Waals surface area contributed by atoms with Crippen LogP contribution >= 0.6 is 25.6 Å². The Hall–Kier alpha value is -1.46. The summed E-state index contributed by atoms with van der Waals surface area (Å²) in [6.45, 7) is 9.59. The number of hydrogen-bond donors (Lipinski definition) is 3. The smallest absolute Gasteiger partial charge is 0.0490 e. The summed E-state index contributed by atoms with van der Waals surface area (Å²) >= 11 is 8.38. The lowest BCUT2D eigenvalue weighted by Gasteiger charge is -2.37. The third kappa shape index (κ3) is 5.56. The Morgan fingerprint density at radius 3 is 1.96 bits per heavy atom. The van der Waals surface area contributed by atoms with Crippen molar-refractivity contribution < 1.29 is 0 Å². The first-order chi connectivity index (χ1) is 11.6. The molecule has 0 amide bonds. The Balaban J connectivity index is 0.000000198. The number of nitrogens with zero attached hydrogens (tertiary/aromatic N) is 1. The third-order valence-corrected chi connectivity index (χ3v) is 4.55. The Morgan fingerprint density at radius 1 is 0.958 bits per heavy atom. The van der Waals surface area contributed by atoms with E-state index in [1.165, 1.54) is 11.1 Å². The molecule has 1 saturated carbocycles. The molecule has 0 spiro atoms. The molecule has 24 heavy (non-hydrogen) atoms. The van der Waals surface area contributed by atoms with E-state index in [4.69, 9.17) is 0 Å². The van der Waals surface area contributed by atoms with Crippen LogP contribution in [0.5, 0.6) is 0 Å². The van der Waals surface area contributed by atoms with E-state index < -0.39 is 0 Å². The van der Waals surface area contributed by atoms with Gasteiger partial charge in [0.2, 0.25) is 0 Å². The molecule has 0 heterocycles. The fourth-order valence-corrected chi connectivity index (χ4v) is 3.01. The summed E-state index contributed by atoms with van der Waals surface area (Å²) in [4.78, 5) is 0. The van der Waals surface area contributed by atoms with Crippen molar-refractivity contribution in [1.82, 2.24) is 9.03 Å². The number of benzene rings is 2. The van der Waals surface area contributed by atoms with Crippen molar-refractivity contribution >= 4 is 25.6 Å². The predicted molar refractivity (Wildman–Crippen MR) is 110 cm³/mol. The number of nitrogens with one attached hydrogen (secondary N) is 1. The molecule has 2 nitrogen and oxygen atoms in total. The largest absolute Gasteiger partial charge is 0.262 e. The van der Waals surface area contributed by atoms with Crippen molar-refractivity contribution in [2.24, 2.45) is 0 Å². The summed E-state index contributed by atoms with van der Waals surface area (Å²) in [6, 6.07) is 20.8. The lowest BCUT2D eigenvalue weighted by atomic mass is 9.82. The summed E-state index contributed by atoms with van der Waals surface area (Å²) < 4.78 is 4.81. The van der Waals surface area contributed by atoms with Gasteiger partial charge < -0.3 is 0 Å². The molecular weight excluding hydrogens is 332 g/mol. The number of thiol groups is 2. The lowest BCUT2D eigenvalue weighted by Crippen LogP contribution is -2.36. The summed E-state index contributed by atoms with van der Waals surface area (Å²) in [5.74, 6) is 0. The SMILES string of the molecule is C=C1CC(N(S)Cc2ccccc2)C1=C.SNCc1ccccc1. The first-order valence-electron chi connectivity index (χ1n) is 7.89. The van der Waals surface area contributed by atoms with Crippen LogP contribution in [0.15, 0.2) is 85.0 Å². The van der Waals surface area contributed by atoms with E-state index in [1.807, 2.05) is 40.7 Å². The molecule has 0 aliphatic heterocycles. The van der Waals surface area contributed by atoms with E-state index >= 15 is 0 Å². The number of rotatable bonds is 5. The second kappa shape index (κ2) is 9.74. The third-order valence-electron chi connectivity index (χ3n) is 3.97. The molecule has 126 valence electrons. The van der Waals surface area contributed by atoms with Gasteiger partial charge in [-0.1, -0.05) is 99.5 Å². The van der Waals surface area contributed by atoms with Gasteiger partial charge in [-0.15, -0.1) is 0 Å². The molecule has 4 heteroatoms. The Bertz CT molecular complexity index is 656. The molecule has 2 aromatic rings. The molecule has 1 aliphatic carbocycles. The van der Waals surface area contributed by atoms with Crippen LogP contribution in [0.25, 0.3) is 0 Å². The van der Waals surface area contributed by atoms with Crippen LogP contribution in [-0.4, -0.2) is 10.3 Å². The van der Waals surface area contributed by atoms with E-state index in [2.05, 4.69) is 67.8 Å². The summed E-state index contributed by atoms with van der Waals surface area (Å²) in [7, 11) is 0. The van der Waals surface area contributed by atoms with Crippen molar-refractivity contribution in [3.8, 4) is 0 Å². The monoisotopic (exact) mass is 356 g/mol. The zero-order valence-corrected chi connectivity index (χ0v) is 15.5. The highest BCUT2D eigenvalue weighted by molar-refractivity contribution is 7.78. The van der Waals surface area contributed by atoms with Gasteiger partial charge in [0.05, 0.1) is 0 Å². The van der Waals surface area contributed by atoms with Crippen LogP contribution in [0.4, 0.5) is 0 Å². The molecule has 1 fully saturated rings. The van der Waals surface area contributed by atoms with Crippen LogP contribution in [0.3, 0.4) is 0 Å². The molecule has 1 unspecified atom stereocenters. The minimum atomic E-state index is 0.362. The highest BCUT2D eigenvalue weighted by atomic mass is 32.1. The molecule has 1 atom stereocenters. The average Bonchev–Trinajstić information content (AvgIpc) is 2.62. The zero-order chi connectivity index (χ0) is 17.4. The summed E-state index contributed by atoms with van der Waals surface area (Å²) in [5, 5.41) is 0. The van der Waals surface area contributed by atoms with Crippen LogP contribution in [0.1, 0.15) is 17.5 Å². The van der Waals surface area contributed by atoms with Crippen molar-refractivity contribution in [3.05, 3.63) is 96.1 Å². The highest BCUT2D eigenvalue weighted by Gasteiger charge is 2.30. The Morgan fingerprint density at radius 2 is 1.50 bits per heavy atom. The Kier molecular flexibility index (Phi) is 7.66. The molecule has 0 radical (unpaired) electrons. The maximum atomic E-state index is 4.50. The standard InChI is InChI=1S/C13H15NS.C7H9NS/c1-10-8-13(11(10)2)14(15)9-12-6-4-3-5-7-12;9-8-6-7-4-2-1-3-5-7/h3-7,13,15H,1-2,8-9H2;1-5,8-9H,6H2. The van der Waals surface area contributed by atoms with Crippen molar-refractivity contribution in [2.75, 3.05) is 0 Å². The van der Waals surface area contributed by atoms with E-state index in [0.717, 1.165) is 30.7 Å².